The van der Waals surface area contributed by atoms with E-state index in [1.165, 1.54) is 18.2 Å². The number of nitrogens with one attached hydrogen (secondary N) is 1. The number of hydrogen-bond acceptors (Lipinski definition) is 6. The number of rotatable bonds is 3. The summed E-state index contributed by atoms with van der Waals surface area (Å²) in [6.07, 6.45) is 5.18. The van der Waals surface area contributed by atoms with Crippen LogP contribution in [0, 0.1) is 11.7 Å². The molecule has 148 valence electrons. The molecule has 4 rings (SSSR count). The highest BCUT2D eigenvalue weighted by atomic mass is 79.9. The second kappa shape index (κ2) is 7.24. The third kappa shape index (κ3) is 3.30. The van der Waals surface area contributed by atoms with Gasteiger partial charge in [-0.25, -0.2) is 9.18 Å². The van der Waals surface area contributed by atoms with Gasteiger partial charge in [-0.05, 0) is 47.0 Å². The van der Waals surface area contributed by atoms with Crippen LogP contribution in [0.2, 0.25) is 0 Å². The number of para-hydroxylation sites is 1. The lowest BCUT2D eigenvalue weighted by Crippen LogP contribution is -2.46. The number of allylic oxidation sites excluding steroid dienone is 1. The average Bonchev–Trinajstić information content (AvgIpc) is 2.91. The van der Waals surface area contributed by atoms with Crippen molar-refractivity contribution >= 4 is 33.4 Å². The fourth-order valence-electron chi connectivity index (χ4n) is 3.96. The monoisotopic (exact) mass is 451 g/mol. The van der Waals surface area contributed by atoms with Crippen LogP contribution in [0.3, 0.4) is 0 Å². The minimum Gasteiger partial charge on any atom is -0.480 e. The fourth-order valence-corrected chi connectivity index (χ4v) is 4.49. The van der Waals surface area contributed by atoms with E-state index in [9.17, 15) is 19.1 Å². The van der Waals surface area contributed by atoms with E-state index < -0.39 is 41.3 Å². The van der Waals surface area contributed by atoms with Gasteiger partial charge in [0.25, 0.3) is 11.7 Å². The Morgan fingerprint density at radius 2 is 1.86 bits per heavy atom. The molecule has 0 bridgehead atoms. The summed E-state index contributed by atoms with van der Waals surface area (Å²) >= 11 is 3.17. The molecule has 1 aliphatic heterocycles. The summed E-state index contributed by atoms with van der Waals surface area (Å²) in [6, 6.07) is 5.25. The quantitative estimate of drug-likeness (QED) is 0.673. The van der Waals surface area contributed by atoms with E-state index in [4.69, 9.17) is 9.47 Å². The van der Waals surface area contributed by atoms with Crippen molar-refractivity contribution in [2.24, 2.45) is 5.92 Å². The van der Waals surface area contributed by atoms with Gasteiger partial charge in [-0.1, -0.05) is 18.6 Å². The average molecular weight is 452 g/mol. The van der Waals surface area contributed by atoms with Gasteiger partial charge in [0.1, 0.15) is 11.4 Å². The van der Waals surface area contributed by atoms with Gasteiger partial charge in [0.05, 0.1) is 22.1 Å². The maximum atomic E-state index is 14.0. The molecule has 2 N–H and O–H groups in total. The highest BCUT2D eigenvalue weighted by Gasteiger charge is 2.51. The van der Waals surface area contributed by atoms with Gasteiger partial charge in [0.2, 0.25) is 0 Å². The minimum absolute atomic E-state index is 0.178. The van der Waals surface area contributed by atoms with E-state index in [0.717, 1.165) is 19.3 Å². The Labute approximate surface area is 169 Å². The standard InChI is InChI=1S/C20H19BrFNO5/c21-11-10-14(23-13-7-3-2-6-12(13)22)15(17(11)24)16-18(25)27-20(28-19(16)26)8-4-1-5-9-20/h2-3,6-7,10,14-15,23,25H,1,4-5,8-9H2. The van der Waals surface area contributed by atoms with Gasteiger partial charge in [-0.15, -0.1) is 0 Å². The molecule has 1 aromatic rings. The van der Waals surface area contributed by atoms with Crippen LogP contribution in [0.25, 0.3) is 0 Å². The van der Waals surface area contributed by atoms with Crippen LogP contribution in [-0.2, 0) is 19.1 Å². The molecular weight excluding hydrogens is 433 g/mol. The van der Waals surface area contributed by atoms with Gasteiger partial charge in [0.15, 0.2) is 5.78 Å². The minimum atomic E-state index is -1.16. The Bertz CT molecular complexity index is 890. The van der Waals surface area contributed by atoms with E-state index in [0.29, 0.717) is 12.8 Å². The highest BCUT2D eigenvalue weighted by Crippen LogP contribution is 2.42. The second-order valence-corrected chi connectivity index (χ2v) is 8.04. The second-order valence-electron chi connectivity index (χ2n) is 7.19. The number of aliphatic hydroxyl groups excluding tert-OH is 1. The first-order valence-corrected chi connectivity index (χ1v) is 9.98. The van der Waals surface area contributed by atoms with Crippen LogP contribution >= 0.6 is 15.9 Å². The summed E-state index contributed by atoms with van der Waals surface area (Å²) in [6.45, 7) is 0. The number of anilines is 1. The normalized spacial score (nSPS) is 26.7. The van der Waals surface area contributed by atoms with Crippen molar-refractivity contribution in [1.82, 2.24) is 0 Å². The van der Waals surface area contributed by atoms with Crippen LogP contribution in [0.5, 0.6) is 0 Å². The maximum Gasteiger partial charge on any atom is 0.345 e. The Morgan fingerprint density at radius 3 is 2.54 bits per heavy atom. The van der Waals surface area contributed by atoms with Gasteiger partial charge in [-0.2, -0.15) is 0 Å². The molecule has 3 aliphatic rings. The zero-order chi connectivity index (χ0) is 19.9. The summed E-state index contributed by atoms with van der Waals surface area (Å²) in [4.78, 5) is 25.5. The lowest BCUT2D eigenvalue weighted by Gasteiger charge is -2.40. The number of ketones is 1. The lowest BCUT2D eigenvalue weighted by molar-refractivity contribution is -0.250. The van der Waals surface area contributed by atoms with Crippen LogP contribution < -0.4 is 5.32 Å². The molecule has 6 nitrogen and oxygen atoms in total. The number of Topliss-reactive ketones (excluding diaryl/α,β-unsaturated/α-hetero) is 1. The van der Waals surface area contributed by atoms with Crippen molar-refractivity contribution in [3.05, 3.63) is 52.2 Å². The molecular formula is C20H19BrFNO5. The number of hydrogen-bond donors (Lipinski definition) is 2. The first kappa shape index (κ1) is 19.0. The van der Waals surface area contributed by atoms with E-state index in [-0.39, 0.29) is 15.7 Å². The zero-order valence-corrected chi connectivity index (χ0v) is 16.5. The number of halogens is 2. The van der Waals surface area contributed by atoms with Crippen molar-refractivity contribution < 1.29 is 28.6 Å². The molecule has 1 saturated carbocycles. The van der Waals surface area contributed by atoms with Crippen LogP contribution in [0.15, 0.2) is 46.3 Å². The Kier molecular flexibility index (Phi) is 4.91. The number of ether oxygens (including phenoxy) is 2. The van der Waals surface area contributed by atoms with Gasteiger partial charge < -0.3 is 19.9 Å². The van der Waals surface area contributed by atoms with Gasteiger partial charge >= 0.3 is 5.97 Å². The molecule has 1 heterocycles. The van der Waals surface area contributed by atoms with Crippen molar-refractivity contribution in [3.63, 3.8) is 0 Å². The Hall–Kier alpha value is -2.35. The van der Waals surface area contributed by atoms with Crippen molar-refractivity contribution in [1.29, 1.82) is 0 Å². The Balaban J connectivity index is 1.65. The molecule has 2 unspecified atom stereocenters. The molecule has 1 fully saturated rings. The van der Waals surface area contributed by atoms with E-state index in [2.05, 4.69) is 21.2 Å². The smallest absolute Gasteiger partial charge is 0.345 e. The van der Waals surface area contributed by atoms with E-state index in [1.807, 2.05) is 0 Å². The third-order valence-electron chi connectivity index (χ3n) is 5.34. The molecule has 1 spiro atoms. The van der Waals surface area contributed by atoms with Crippen molar-refractivity contribution in [2.45, 2.75) is 43.9 Å². The SMILES string of the molecule is O=C1OC2(CCCCC2)OC(O)=C1C1C(=O)C(Br)=CC1Nc1ccccc1F. The molecule has 1 aromatic carbocycles. The van der Waals surface area contributed by atoms with Crippen LogP contribution in [0.1, 0.15) is 32.1 Å². The molecule has 8 heteroatoms. The number of carbonyl (C=O) groups excluding carboxylic acids is 2. The number of carbonyl (C=O) groups is 2. The predicted molar refractivity (Wildman–Crippen MR) is 102 cm³/mol. The maximum absolute atomic E-state index is 14.0. The molecule has 28 heavy (non-hydrogen) atoms. The van der Waals surface area contributed by atoms with Crippen molar-refractivity contribution in [3.8, 4) is 0 Å². The summed E-state index contributed by atoms with van der Waals surface area (Å²) in [5.41, 5.74) is -0.0709. The first-order valence-electron chi connectivity index (χ1n) is 9.18. The summed E-state index contributed by atoms with van der Waals surface area (Å²) in [7, 11) is 0. The third-order valence-corrected chi connectivity index (χ3v) is 5.99. The first-order chi connectivity index (χ1) is 13.4. The summed E-state index contributed by atoms with van der Waals surface area (Å²) in [5.74, 6) is -4.54. The molecule has 0 radical (unpaired) electrons. The molecule has 0 amide bonds. The molecule has 0 saturated heterocycles. The number of benzene rings is 1. The summed E-state index contributed by atoms with van der Waals surface area (Å²) in [5, 5.41) is 13.4. The largest absolute Gasteiger partial charge is 0.480 e. The van der Waals surface area contributed by atoms with Crippen LogP contribution in [-0.4, -0.2) is 28.7 Å². The van der Waals surface area contributed by atoms with Gasteiger partial charge in [-0.3, -0.25) is 4.79 Å². The number of esters is 1. The topological polar surface area (TPSA) is 84.9 Å². The Morgan fingerprint density at radius 1 is 1.14 bits per heavy atom. The predicted octanol–water partition coefficient (Wildman–Crippen LogP) is 4.09. The van der Waals surface area contributed by atoms with Crippen LogP contribution in [0.4, 0.5) is 10.1 Å². The zero-order valence-electron chi connectivity index (χ0n) is 14.9. The summed E-state index contributed by atoms with van der Waals surface area (Å²) < 4.78 is 25.4. The molecule has 0 aromatic heterocycles. The fraction of sp³-hybridized carbons (Fsp3) is 0.400. The number of aliphatic hydroxyl groups is 1. The van der Waals surface area contributed by atoms with E-state index in [1.54, 1.807) is 12.1 Å². The highest BCUT2D eigenvalue weighted by molar-refractivity contribution is 9.12. The lowest BCUT2D eigenvalue weighted by atomic mass is 9.89. The van der Waals surface area contributed by atoms with Gasteiger partial charge in [0, 0.05) is 12.8 Å². The van der Waals surface area contributed by atoms with Crippen molar-refractivity contribution in [2.75, 3.05) is 5.32 Å². The van der Waals surface area contributed by atoms with E-state index >= 15 is 0 Å². The molecule has 2 aliphatic carbocycles. The molecule has 2 atom stereocenters.